The molecule has 0 unspecified atom stereocenters. The predicted octanol–water partition coefficient (Wildman–Crippen LogP) is 9.03. The maximum atomic E-state index is 15.1. The van der Waals surface area contributed by atoms with Gasteiger partial charge in [-0.15, -0.1) is 0 Å². The predicted molar refractivity (Wildman–Crippen MR) is 136 cm³/mol. The second-order valence-corrected chi connectivity index (χ2v) is 9.00. The lowest BCUT2D eigenvalue weighted by Crippen LogP contribution is -1.96. The van der Waals surface area contributed by atoms with E-state index in [-0.39, 0.29) is 27.6 Å². The second kappa shape index (κ2) is 9.75. The van der Waals surface area contributed by atoms with E-state index in [2.05, 4.69) is 11.8 Å². The van der Waals surface area contributed by atoms with E-state index in [1.54, 1.807) is 13.0 Å². The van der Waals surface area contributed by atoms with Crippen LogP contribution in [0.1, 0.15) is 22.3 Å². The normalized spacial score (nSPS) is 10.9. The van der Waals surface area contributed by atoms with Gasteiger partial charge in [0.15, 0.2) is 17.5 Å². The van der Waals surface area contributed by atoms with E-state index in [9.17, 15) is 17.6 Å². The van der Waals surface area contributed by atoms with E-state index in [4.69, 9.17) is 0 Å². The third-order valence-electron chi connectivity index (χ3n) is 6.32. The molecule has 0 N–H and O–H groups in total. The van der Waals surface area contributed by atoms with E-state index < -0.39 is 40.3 Å². The highest BCUT2D eigenvalue weighted by Crippen LogP contribution is 2.34. The van der Waals surface area contributed by atoms with Gasteiger partial charge < -0.3 is 0 Å². The van der Waals surface area contributed by atoms with Crippen molar-refractivity contribution in [2.24, 2.45) is 0 Å². The molecule has 0 atom stereocenters. The smallest absolute Gasteiger partial charge is 0.195 e. The van der Waals surface area contributed by atoms with Crippen LogP contribution in [0.15, 0.2) is 72.8 Å². The number of fused-ring (bicyclic) bond motifs is 1. The molecule has 0 fully saturated rings. The first kappa shape index (κ1) is 25.2. The van der Waals surface area contributed by atoms with Crippen LogP contribution < -0.4 is 0 Å². The molecule has 0 amide bonds. The Labute approximate surface area is 215 Å². The summed E-state index contributed by atoms with van der Waals surface area (Å²) in [4.78, 5) is 0. The van der Waals surface area contributed by atoms with Gasteiger partial charge in [-0.1, -0.05) is 41.7 Å². The third-order valence-corrected chi connectivity index (χ3v) is 6.32. The first-order chi connectivity index (χ1) is 18.1. The Morgan fingerprint density at radius 3 is 1.92 bits per heavy atom. The van der Waals surface area contributed by atoms with E-state index in [0.717, 1.165) is 29.3 Å². The molecule has 6 heteroatoms. The fourth-order valence-corrected chi connectivity index (χ4v) is 4.27. The molecular weight excluding hydrogens is 498 g/mol. The van der Waals surface area contributed by atoms with Crippen LogP contribution in [0.25, 0.3) is 33.0 Å². The van der Waals surface area contributed by atoms with E-state index in [1.165, 1.54) is 18.2 Å². The molecule has 5 aromatic carbocycles. The fraction of sp³-hybridized carbons (Fsp3) is 0.0625. The van der Waals surface area contributed by atoms with Gasteiger partial charge in [0.25, 0.3) is 0 Å². The largest absolute Gasteiger partial charge is 0.206 e. The molecule has 0 bridgehead atoms. The molecule has 0 spiro atoms. The van der Waals surface area contributed by atoms with Crippen molar-refractivity contribution < 1.29 is 26.3 Å². The lowest BCUT2D eigenvalue weighted by atomic mass is 9.95. The molecule has 0 aliphatic carbocycles. The zero-order chi connectivity index (χ0) is 27.1. The Hall–Kier alpha value is -4.50. The van der Waals surface area contributed by atoms with Crippen LogP contribution in [0.2, 0.25) is 0 Å². The minimum atomic E-state index is -1.79. The Bertz CT molecular complexity index is 1790. The molecule has 38 heavy (non-hydrogen) atoms. The van der Waals surface area contributed by atoms with Gasteiger partial charge >= 0.3 is 0 Å². The first-order valence-corrected chi connectivity index (χ1v) is 11.6. The quantitative estimate of drug-likeness (QED) is 0.125. The molecular formula is C32H18F6. The Morgan fingerprint density at radius 1 is 0.526 bits per heavy atom. The summed E-state index contributed by atoms with van der Waals surface area (Å²) in [5, 5.41) is -0.989. The molecule has 0 aromatic heterocycles. The molecule has 0 nitrogen and oxygen atoms in total. The molecule has 0 aliphatic rings. The average molecular weight is 516 g/mol. The summed E-state index contributed by atoms with van der Waals surface area (Å²) in [7, 11) is 0. The minimum Gasteiger partial charge on any atom is -0.206 e. The van der Waals surface area contributed by atoms with Crippen molar-refractivity contribution in [2.75, 3.05) is 0 Å². The van der Waals surface area contributed by atoms with Crippen molar-refractivity contribution >= 4 is 10.8 Å². The summed E-state index contributed by atoms with van der Waals surface area (Å²) in [6.45, 7) is 3.74. The molecule has 5 rings (SSSR count). The van der Waals surface area contributed by atoms with Gasteiger partial charge in [0.1, 0.15) is 17.5 Å². The van der Waals surface area contributed by atoms with Gasteiger partial charge in [-0.3, -0.25) is 0 Å². The lowest BCUT2D eigenvalue weighted by molar-refractivity contribution is 0.451. The van der Waals surface area contributed by atoms with Crippen molar-refractivity contribution in [2.45, 2.75) is 13.8 Å². The van der Waals surface area contributed by atoms with Crippen LogP contribution in [0.5, 0.6) is 0 Å². The number of aryl methyl sites for hydroxylation is 2. The highest BCUT2D eigenvalue weighted by molar-refractivity contribution is 5.89. The van der Waals surface area contributed by atoms with Crippen LogP contribution in [-0.4, -0.2) is 0 Å². The molecule has 5 aromatic rings. The number of hydrogen-bond donors (Lipinski definition) is 0. The summed E-state index contributed by atoms with van der Waals surface area (Å²) in [5.74, 6) is -1.52. The van der Waals surface area contributed by atoms with Crippen molar-refractivity contribution in [1.29, 1.82) is 0 Å². The molecule has 188 valence electrons. The van der Waals surface area contributed by atoms with Crippen LogP contribution in [0.4, 0.5) is 26.3 Å². The molecule has 0 aliphatic heterocycles. The summed E-state index contributed by atoms with van der Waals surface area (Å²) in [6.07, 6.45) is 0. The van der Waals surface area contributed by atoms with Gasteiger partial charge in [0.05, 0.1) is 5.39 Å². The van der Waals surface area contributed by atoms with Gasteiger partial charge in [-0.05, 0) is 84.5 Å². The summed E-state index contributed by atoms with van der Waals surface area (Å²) >= 11 is 0. The maximum Gasteiger partial charge on any atom is 0.195 e. The van der Waals surface area contributed by atoms with Crippen molar-refractivity contribution in [1.82, 2.24) is 0 Å². The Balaban J connectivity index is 1.51. The summed E-state index contributed by atoms with van der Waals surface area (Å²) in [5.41, 5.74) is 3.38. The molecule has 0 radical (unpaired) electrons. The van der Waals surface area contributed by atoms with Crippen LogP contribution in [-0.2, 0) is 0 Å². The van der Waals surface area contributed by atoms with Crippen LogP contribution >= 0.6 is 0 Å². The molecule has 0 saturated carbocycles. The molecule has 0 heterocycles. The highest BCUT2D eigenvalue weighted by Gasteiger charge is 2.19. The topological polar surface area (TPSA) is 0 Å². The fourth-order valence-electron chi connectivity index (χ4n) is 4.27. The SMILES string of the molecule is Cc1ccc(C#Cc2cc(F)c(-c3ccc(-c4cc(F)c5c(F)c(F)c(F)cc5c4)c(F)c3)cc2C)cc1. The zero-order valence-electron chi connectivity index (χ0n) is 20.2. The van der Waals surface area contributed by atoms with Gasteiger partial charge in [-0.2, -0.15) is 0 Å². The minimum absolute atomic E-state index is 0.0113. The Kier molecular flexibility index (Phi) is 6.46. The van der Waals surface area contributed by atoms with Crippen LogP contribution in [0.3, 0.4) is 0 Å². The van der Waals surface area contributed by atoms with Crippen molar-refractivity contribution in [3.05, 3.63) is 130 Å². The maximum absolute atomic E-state index is 15.1. The van der Waals surface area contributed by atoms with Crippen molar-refractivity contribution in [3.63, 3.8) is 0 Å². The Morgan fingerprint density at radius 2 is 1.21 bits per heavy atom. The summed E-state index contributed by atoms with van der Waals surface area (Å²) < 4.78 is 86.1. The first-order valence-electron chi connectivity index (χ1n) is 11.6. The van der Waals surface area contributed by atoms with Gasteiger partial charge in [-0.25, -0.2) is 26.3 Å². The number of rotatable bonds is 2. The molecule has 0 saturated heterocycles. The number of hydrogen-bond acceptors (Lipinski definition) is 0. The van der Waals surface area contributed by atoms with Gasteiger partial charge in [0.2, 0.25) is 0 Å². The number of benzene rings is 5. The van der Waals surface area contributed by atoms with Crippen molar-refractivity contribution in [3.8, 4) is 34.1 Å². The number of halogens is 6. The lowest BCUT2D eigenvalue weighted by Gasteiger charge is -2.11. The monoisotopic (exact) mass is 516 g/mol. The van der Waals surface area contributed by atoms with Gasteiger partial charge in [0, 0.05) is 22.3 Å². The second-order valence-electron chi connectivity index (χ2n) is 9.00. The van der Waals surface area contributed by atoms with E-state index in [1.807, 2.05) is 31.2 Å². The average Bonchev–Trinajstić information content (AvgIpc) is 2.88. The third kappa shape index (κ3) is 4.64. The van der Waals surface area contributed by atoms with E-state index in [0.29, 0.717) is 17.2 Å². The standard InChI is InChI=1S/C32H18F6/c1-17-3-5-19(6-4-17)7-8-20-13-27(34)25(11-18(20)2)21-9-10-24(26(33)14-21)22-12-23-16-29(36)31(37)32(38)30(23)28(35)15-22/h3-6,9-16H,1-2H3. The zero-order valence-corrected chi connectivity index (χ0v) is 20.2. The highest BCUT2D eigenvalue weighted by atomic mass is 19.2. The summed E-state index contributed by atoms with van der Waals surface area (Å²) in [6, 6.07) is 17.0. The van der Waals surface area contributed by atoms with Crippen LogP contribution in [0, 0.1) is 60.6 Å². The van der Waals surface area contributed by atoms with E-state index >= 15 is 8.78 Å².